The molecule has 3 rings (SSSR count). The van der Waals surface area contributed by atoms with Crippen LogP contribution in [0.3, 0.4) is 0 Å². The maximum absolute atomic E-state index is 12.2. The summed E-state index contributed by atoms with van der Waals surface area (Å²) in [6.07, 6.45) is 3.16. The number of hydrogen-bond acceptors (Lipinski definition) is 6. The number of aromatic nitrogens is 1. The van der Waals surface area contributed by atoms with Gasteiger partial charge in [0, 0.05) is 10.9 Å². The largest absolute Gasteiger partial charge is 0.465 e. The van der Waals surface area contributed by atoms with Gasteiger partial charge in [-0.25, -0.2) is 9.78 Å². The van der Waals surface area contributed by atoms with Crippen molar-refractivity contribution in [2.75, 3.05) is 12.4 Å². The molecule has 24 heavy (non-hydrogen) atoms. The highest BCUT2D eigenvalue weighted by molar-refractivity contribution is 7.17. The van der Waals surface area contributed by atoms with Crippen LogP contribution >= 0.6 is 11.3 Å². The van der Waals surface area contributed by atoms with E-state index in [-0.39, 0.29) is 12.3 Å². The van der Waals surface area contributed by atoms with Gasteiger partial charge in [0.2, 0.25) is 5.91 Å². The molecule has 0 saturated heterocycles. The van der Waals surface area contributed by atoms with Crippen molar-refractivity contribution in [3.05, 3.63) is 46.2 Å². The molecule has 0 unspecified atom stereocenters. The summed E-state index contributed by atoms with van der Waals surface area (Å²) in [5.41, 5.74) is 3.84. The second-order valence-electron chi connectivity index (χ2n) is 5.39. The standard InChI is InChI=1S/C17H16N2O4S/c1-9-4-5-12-11(8-23-15(12)10(9)2)6-14(20)19-17-18-7-13(24-17)16(21)22-3/h4-5,7-8H,6H2,1-3H3,(H,18,19,20). The van der Waals surface area contributed by atoms with Crippen LogP contribution in [-0.2, 0) is 16.0 Å². The highest BCUT2D eigenvalue weighted by Crippen LogP contribution is 2.27. The SMILES string of the molecule is COC(=O)c1cnc(NC(=O)Cc2coc3c(C)c(C)ccc23)s1. The molecule has 0 radical (unpaired) electrons. The number of carbonyl (C=O) groups excluding carboxylic acids is 2. The number of nitrogens with one attached hydrogen (secondary N) is 1. The molecule has 0 aliphatic heterocycles. The number of benzene rings is 1. The molecule has 3 aromatic rings. The Morgan fingerprint density at radius 2 is 2.12 bits per heavy atom. The van der Waals surface area contributed by atoms with Gasteiger partial charge in [-0.2, -0.15) is 0 Å². The summed E-state index contributed by atoms with van der Waals surface area (Å²) in [6, 6.07) is 3.97. The normalized spacial score (nSPS) is 10.8. The van der Waals surface area contributed by atoms with Gasteiger partial charge >= 0.3 is 5.97 Å². The number of nitrogens with zero attached hydrogens (tertiary/aromatic N) is 1. The van der Waals surface area contributed by atoms with Crippen LogP contribution in [-0.4, -0.2) is 24.0 Å². The van der Waals surface area contributed by atoms with Crippen molar-refractivity contribution >= 4 is 39.3 Å². The lowest BCUT2D eigenvalue weighted by atomic mass is 10.0. The number of fused-ring (bicyclic) bond motifs is 1. The van der Waals surface area contributed by atoms with E-state index in [1.807, 2.05) is 26.0 Å². The molecule has 0 fully saturated rings. The van der Waals surface area contributed by atoms with Crippen molar-refractivity contribution in [1.82, 2.24) is 4.98 Å². The zero-order valence-corrected chi connectivity index (χ0v) is 14.3. The first kappa shape index (κ1) is 16.2. The Balaban J connectivity index is 1.75. The third kappa shape index (κ3) is 3.03. The van der Waals surface area contributed by atoms with E-state index in [2.05, 4.69) is 15.0 Å². The smallest absolute Gasteiger partial charge is 0.349 e. The third-order valence-corrected chi connectivity index (χ3v) is 4.72. The van der Waals surface area contributed by atoms with Gasteiger partial charge in [0.25, 0.3) is 0 Å². The highest BCUT2D eigenvalue weighted by atomic mass is 32.1. The van der Waals surface area contributed by atoms with Gasteiger partial charge in [-0.1, -0.05) is 23.5 Å². The predicted molar refractivity (Wildman–Crippen MR) is 91.5 cm³/mol. The Labute approximate surface area is 142 Å². The van der Waals surface area contributed by atoms with Crippen LogP contribution in [0.15, 0.2) is 29.0 Å². The van der Waals surface area contributed by atoms with E-state index in [0.717, 1.165) is 39.0 Å². The van der Waals surface area contributed by atoms with Crippen LogP contribution in [0.25, 0.3) is 11.0 Å². The molecule has 1 N–H and O–H groups in total. The number of thiazole rings is 1. The number of rotatable bonds is 4. The minimum Gasteiger partial charge on any atom is -0.465 e. The van der Waals surface area contributed by atoms with Crippen molar-refractivity contribution < 1.29 is 18.7 Å². The second kappa shape index (κ2) is 6.45. The Hall–Kier alpha value is -2.67. The van der Waals surface area contributed by atoms with Crippen LogP contribution in [0, 0.1) is 13.8 Å². The topological polar surface area (TPSA) is 81.4 Å². The molecule has 0 saturated carbocycles. The van der Waals surface area contributed by atoms with Gasteiger partial charge in [-0.15, -0.1) is 0 Å². The van der Waals surface area contributed by atoms with E-state index in [0.29, 0.717) is 10.0 Å². The third-order valence-electron chi connectivity index (χ3n) is 3.83. The van der Waals surface area contributed by atoms with Crippen LogP contribution in [0.2, 0.25) is 0 Å². The lowest BCUT2D eigenvalue weighted by Crippen LogP contribution is -2.13. The second-order valence-corrected chi connectivity index (χ2v) is 6.42. The van der Waals surface area contributed by atoms with E-state index in [1.54, 1.807) is 6.26 Å². The maximum Gasteiger partial charge on any atom is 0.349 e. The monoisotopic (exact) mass is 344 g/mol. The zero-order chi connectivity index (χ0) is 17.3. The molecule has 0 spiro atoms. The van der Waals surface area contributed by atoms with E-state index in [1.165, 1.54) is 13.3 Å². The average Bonchev–Trinajstić information content (AvgIpc) is 3.18. The van der Waals surface area contributed by atoms with Crippen LogP contribution < -0.4 is 5.32 Å². The van der Waals surface area contributed by atoms with Crippen LogP contribution in [0.5, 0.6) is 0 Å². The molecule has 0 aliphatic rings. The molecule has 1 amide bonds. The Kier molecular flexibility index (Phi) is 4.35. The van der Waals surface area contributed by atoms with Crippen molar-refractivity contribution in [3.63, 3.8) is 0 Å². The lowest BCUT2D eigenvalue weighted by Gasteiger charge is -2.02. The Bertz CT molecular complexity index is 926. The van der Waals surface area contributed by atoms with E-state index in [9.17, 15) is 9.59 Å². The number of furan rings is 1. The molecule has 0 atom stereocenters. The fraction of sp³-hybridized carbons (Fsp3) is 0.235. The minimum atomic E-state index is -0.473. The molecule has 1 aromatic carbocycles. The summed E-state index contributed by atoms with van der Waals surface area (Å²) in [5.74, 6) is -0.693. The number of esters is 1. The molecule has 0 bridgehead atoms. The molecule has 124 valence electrons. The predicted octanol–water partition coefficient (Wildman–Crippen LogP) is 3.47. The van der Waals surface area contributed by atoms with E-state index >= 15 is 0 Å². The first-order chi connectivity index (χ1) is 11.5. The summed E-state index contributed by atoms with van der Waals surface area (Å²) in [6.45, 7) is 4.01. The Morgan fingerprint density at radius 1 is 1.33 bits per heavy atom. The average molecular weight is 344 g/mol. The number of anilines is 1. The molecule has 2 heterocycles. The molecular formula is C17H16N2O4S. The quantitative estimate of drug-likeness (QED) is 0.733. The van der Waals surface area contributed by atoms with Gasteiger partial charge in [-0.05, 0) is 25.0 Å². The number of ether oxygens (including phenoxy) is 1. The summed E-state index contributed by atoms with van der Waals surface area (Å²) < 4.78 is 10.2. The maximum atomic E-state index is 12.2. The fourth-order valence-corrected chi connectivity index (χ4v) is 3.14. The summed E-state index contributed by atoms with van der Waals surface area (Å²) in [7, 11) is 1.30. The van der Waals surface area contributed by atoms with Crippen LogP contribution in [0.4, 0.5) is 5.13 Å². The van der Waals surface area contributed by atoms with E-state index in [4.69, 9.17) is 4.42 Å². The van der Waals surface area contributed by atoms with Gasteiger partial charge < -0.3 is 14.5 Å². The Morgan fingerprint density at radius 3 is 2.88 bits per heavy atom. The minimum absolute atomic E-state index is 0.169. The van der Waals surface area contributed by atoms with Gasteiger partial charge in [0.15, 0.2) is 5.13 Å². The van der Waals surface area contributed by atoms with Crippen molar-refractivity contribution in [1.29, 1.82) is 0 Å². The zero-order valence-electron chi connectivity index (χ0n) is 13.5. The van der Waals surface area contributed by atoms with Gasteiger partial charge in [-0.3, -0.25) is 4.79 Å². The first-order valence-electron chi connectivity index (χ1n) is 7.30. The number of carbonyl (C=O) groups is 2. The number of aryl methyl sites for hydroxylation is 2. The number of amides is 1. The van der Waals surface area contributed by atoms with E-state index < -0.39 is 5.97 Å². The highest BCUT2D eigenvalue weighted by Gasteiger charge is 2.15. The fourth-order valence-electron chi connectivity index (χ4n) is 2.39. The van der Waals surface area contributed by atoms with Gasteiger partial charge in [0.1, 0.15) is 10.5 Å². The van der Waals surface area contributed by atoms with Gasteiger partial charge in [0.05, 0.1) is 26.0 Å². The molecule has 2 aromatic heterocycles. The summed E-state index contributed by atoms with van der Waals surface area (Å²) >= 11 is 1.07. The summed E-state index contributed by atoms with van der Waals surface area (Å²) in [5, 5.41) is 3.98. The molecular weight excluding hydrogens is 328 g/mol. The van der Waals surface area contributed by atoms with Crippen molar-refractivity contribution in [2.24, 2.45) is 0 Å². The number of methoxy groups -OCH3 is 1. The molecule has 6 nitrogen and oxygen atoms in total. The molecule has 0 aliphatic carbocycles. The van der Waals surface area contributed by atoms with Crippen molar-refractivity contribution in [2.45, 2.75) is 20.3 Å². The van der Waals surface area contributed by atoms with Crippen molar-refractivity contribution in [3.8, 4) is 0 Å². The first-order valence-corrected chi connectivity index (χ1v) is 8.11. The lowest BCUT2D eigenvalue weighted by molar-refractivity contribution is -0.115. The van der Waals surface area contributed by atoms with Crippen LogP contribution in [0.1, 0.15) is 26.4 Å². The summed E-state index contributed by atoms with van der Waals surface area (Å²) in [4.78, 5) is 28.0. The number of hydrogen-bond donors (Lipinski definition) is 1. The molecule has 7 heteroatoms.